The maximum atomic E-state index is 13.4. The molecule has 0 bridgehead atoms. The van der Waals surface area contributed by atoms with E-state index in [0.29, 0.717) is 43.9 Å². The van der Waals surface area contributed by atoms with Crippen molar-refractivity contribution in [3.8, 4) is 11.5 Å². The quantitative estimate of drug-likeness (QED) is 0.509. The Morgan fingerprint density at radius 3 is 2.48 bits per heavy atom. The van der Waals surface area contributed by atoms with E-state index in [-0.39, 0.29) is 11.3 Å². The van der Waals surface area contributed by atoms with Crippen LogP contribution in [0.15, 0.2) is 18.2 Å². The number of amides is 1. The van der Waals surface area contributed by atoms with Gasteiger partial charge in [0.05, 0.1) is 13.1 Å². The van der Waals surface area contributed by atoms with Crippen molar-refractivity contribution in [1.29, 1.82) is 0 Å². The first kappa shape index (κ1) is 21.3. The lowest BCUT2D eigenvalue weighted by Gasteiger charge is -2.40. The van der Waals surface area contributed by atoms with Crippen molar-refractivity contribution in [3.05, 3.63) is 23.8 Å². The van der Waals surface area contributed by atoms with Gasteiger partial charge in [0.2, 0.25) is 6.79 Å². The lowest BCUT2D eigenvalue weighted by molar-refractivity contribution is -0.858. The van der Waals surface area contributed by atoms with E-state index >= 15 is 0 Å². The lowest BCUT2D eigenvalue weighted by atomic mass is 9.83. The van der Waals surface area contributed by atoms with Gasteiger partial charge >= 0.3 is 5.91 Å². The molecule has 0 aromatic heterocycles. The molecule has 2 heterocycles. The van der Waals surface area contributed by atoms with E-state index in [4.69, 9.17) is 9.47 Å². The molecule has 1 saturated heterocycles. The number of carboxylic acids is 1. The zero-order valence-corrected chi connectivity index (χ0v) is 17.5. The number of quaternary nitrogens is 1. The summed E-state index contributed by atoms with van der Waals surface area (Å²) < 4.78 is 10.4. The second-order valence-corrected chi connectivity index (χ2v) is 8.62. The number of fused-ring (bicyclic) bond motifs is 1. The number of carbonyl (C=O) groups excluding carboxylic acids is 3. The van der Waals surface area contributed by atoms with E-state index in [1.54, 1.807) is 26.0 Å². The number of likely N-dealkylation sites (tertiary alicyclic amines) is 1. The Balaban J connectivity index is 2.02. The van der Waals surface area contributed by atoms with Gasteiger partial charge in [-0.1, -0.05) is 33.8 Å². The third-order valence-corrected chi connectivity index (χ3v) is 6.54. The minimum absolute atomic E-state index is 0.127. The molecule has 2 unspecified atom stereocenters. The number of ether oxygens (including phenoxy) is 2. The van der Waals surface area contributed by atoms with Crippen molar-refractivity contribution in [2.75, 3.05) is 19.9 Å². The number of aliphatic carboxylic acids is 1. The van der Waals surface area contributed by atoms with E-state index in [0.717, 1.165) is 5.56 Å². The largest absolute Gasteiger partial charge is 0.544 e. The molecule has 1 fully saturated rings. The Labute approximate surface area is 171 Å². The number of hydrogen-bond acceptors (Lipinski definition) is 6. The molecule has 0 aliphatic carbocycles. The predicted octanol–water partition coefficient (Wildman–Crippen LogP) is 1.78. The summed E-state index contributed by atoms with van der Waals surface area (Å²) in [6, 6.07) is 4.23. The van der Waals surface area contributed by atoms with Crippen molar-refractivity contribution in [2.24, 2.45) is 5.41 Å². The van der Waals surface area contributed by atoms with Crippen LogP contribution in [-0.2, 0) is 14.4 Å². The highest BCUT2D eigenvalue weighted by atomic mass is 16.7. The molecule has 2 aliphatic rings. The Morgan fingerprint density at radius 1 is 1.17 bits per heavy atom. The van der Waals surface area contributed by atoms with Crippen LogP contribution in [0.3, 0.4) is 0 Å². The summed E-state index contributed by atoms with van der Waals surface area (Å²) in [5.74, 6) is -1.68. The number of carboxylic acid groups (broad SMARTS) is 1. The first-order valence-corrected chi connectivity index (χ1v) is 10.2. The molecular formula is C22H29NO6. The number of nitrogens with zero attached hydrogens (tertiary/aromatic N) is 1. The molecule has 0 saturated carbocycles. The highest BCUT2D eigenvalue weighted by Crippen LogP contribution is 2.43. The fourth-order valence-corrected chi connectivity index (χ4v) is 4.50. The number of hydrogen-bond donors (Lipinski definition) is 0. The van der Waals surface area contributed by atoms with Gasteiger partial charge in [-0.25, -0.2) is 9.28 Å². The Hall–Kier alpha value is -2.41. The topological polar surface area (TPSA) is 92.7 Å². The molecule has 0 radical (unpaired) electrons. The summed E-state index contributed by atoms with van der Waals surface area (Å²) in [5, 5.41) is 12.3. The molecule has 1 aromatic carbocycles. The van der Waals surface area contributed by atoms with Crippen molar-refractivity contribution in [2.45, 2.75) is 58.9 Å². The first-order valence-electron chi connectivity index (χ1n) is 10.2. The fourth-order valence-electron chi connectivity index (χ4n) is 4.50. The van der Waals surface area contributed by atoms with Crippen LogP contribution < -0.4 is 14.6 Å². The Bertz CT molecular complexity index is 833. The van der Waals surface area contributed by atoms with E-state index < -0.39 is 35.0 Å². The number of rotatable bonds is 7. The molecule has 1 aromatic rings. The van der Waals surface area contributed by atoms with Gasteiger partial charge in [-0.05, 0) is 30.5 Å². The third-order valence-electron chi connectivity index (χ3n) is 6.54. The van der Waals surface area contributed by atoms with Gasteiger partial charge in [0.15, 0.2) is 11.5 Å². The molecular weight excluding hydrogens is 374 g/mol. The van der Waals surface area contributed by atoms with Crippen LogP contribution in [0.1, 0.15) is 58.4 Å². The zero-order valence-electron chi connectivity index (χ0n) is 17.5. The van der Waals surface area contributed by atoms with Crippen molar-refractivity contribution in [1.82, 2.24) is 0 Å². The standard InChI is InChI=1S/C22H29NO6/c1-5-10-23(20(25)19(24)22(3,4)6-2)11-9-15(18(23)21(26)27)14-7-8-16-17(12-14)29-13-28-16/h7-8,12,15,18H,5-6,9-11,13H2,1-4H3/t15?,18-,23?/m0/s1. The van der Waals surface area contributed by atoms with E-state index in [9.17, 15) is 19.5 Å². The molecule has 0 N–H and O–H groups in total. The number of carbonyl (C=O) groups is 3. The normalized spacial score (nSPS) is 25.8. The van der Waals surface area contributed by atoms with Crippen molar-refractivity contribution >= 4 is 17.7 Å². The maximum absolute atomic E-state index is 13.4. The average molecular weight is 403 g/mol. The molecule has 0 spiro atoms. The minimum Gasteiger partial charge on any atom is -0.544 e. The number of benzene rings is 1. The second kappa shape index (κ2) is 7.78. The average Bonchev–Trinajstić information content (AvgIpc) is 3.31. The van der Waals surface area contributed by atoms with Crippen LogP contribution in [0.2, 0.25) is 0 Å². The highest BCUT2D eigenvalue weighted by Gasteiger charge is 2.57. The van der Waals surface area contributed by atoms with Gasteiger partial charge in [0.1, 0.15) is 12.0 Å². The van der Waals surface area contributed by atoms with Crippen LogP contribution in [0, 0.1) is 5.41 Å². The SMILES string of the molecule is CCC[N+]1(C(=O)C(=O)C(C)(C)CC)CCC(c2ccc3c(c2)OCO3)[C@H]1C(=O)[O-]. The van der Waals surface area contributed by atoms with Crippen LogP contribution in [0.5, 0.6) is 11.5 Å². The van der Waals surface area contributed by atoms with Crippen LogP contribution in [-0.4, -0.2) is 48.1 Å². The molecule has 29 heavy (non-hydrogen) atoms. The first-order chi connectivity index (χ1) is 13.7. The highest BCUT2D eigenvalue weighted by molar-refractivity contribution is 6.35. The van der Waals surface area contributed by atoms with Gasteiger partial charge in [-0.15, -0.1) is 0 Å². The van der Waals surface area contributed by atoms with E-state index in [1.807, 2.05) is 19.9 Å². The zero-order chi connectivity index (χ0) is 21.4. The van der Waals surface area contributed by atoms with E-state index in [2.05, 4.69) is 0 Å². The lowest BCUT2D eigenvalue weighted by Crippen LogP contribution is -2.65. The summed E-state index contributed by atoms with van der Waals surface area (Å²) in [4.78, 5) is 38.8. The van der Waals surface area contributed by atoms with Gasteiger partial charge < -0.3 is 19.4 Å². The Morgan fingerprint density at radius 2 is 1.86 bits per heavy atom. The fraction of sp³-hybridized carbons (Fsp3) is 0.591. The van der Waals surface area contributed by atoms with E-state index in [1.165, 1.54) is 0 Å². The molecule has 1 amide bonds. The summed E-state index contributed by atoms with van der Waals surface area (Å²) >= 11 is 0. The molecule has 2 aliphatic heterocycles. The second-order valence-electron chi connectivity index (χ2n) is 8.62. The monoisotopic (exact) mass is 403 g/mol. The predicted molar refractivity (Wildman–Crippen MR) is 103 cm³/mol. The summed E-state index contributed by atoms with van der Waals surface area (Å²) in [6.45, 7) is 7.93. The van der Waals surface area contributed by atoms with Gasteiger partial charge in [-0.3, -0.25) is 4.79 Å². The number of Topliss-reactive ketones (excluding diaryl/α,β-unsaturated/α-hetero) is 1. The van der Waals surface area contributed by atoms with Crippen LogP contribution in [0.4, 0.5) is 0 Å². The van der Waals surface area contributed by atoms with Crippen molar-refractivity contribution in [3.63, 3.8) is 0 Å². The van der Waals surface area contributed by atoms with Gasteiger partial charge in [0.25, 0.3) is 5.78 Å². The molecule has 3 rings (SSSR count). The van der Waals surface area contributed by atoms with Crippen LogP contribution >= 0.6 is 0 Å². The molecule has 3 atom stereocenters. The smallest absolute Gasteiger partial charge is 0.382 e. The van der Waals surface area contributed by atoms with Crippen LogP contribution in [0.25, 0.3) is 0 Å². The van der Waals surface area contributed by atoms with Gasteiger partial charge in [-0.2, -0.15) is 0 Å². The summed E-state index contributed by atoms with van der Waals surface area (Å²) in [6.07, 6.45) is 1.57. The Kier molecular flexibility index (Phi) is 5.72. The summed E-state index contributed by atoms with van der Waals surface area (Å²) in [7, 11) is 0. The molecule has 7 heteroatoms. The van der Waals surface area contributed by atoms with Crippen molar-refractivity contribution < 1.29 is 33.4 Å². The minimum atomic E-state index is -1.30. The van der Waals surface area contributed by atoms with Gasteiger partial charge in [0, 0.05) is 17.8 Å². The molecule has 7 nitrogen and oxygen atoms in total. The third kappa shape index (κ3) is 3.52. The maximum Gasteiger partial charge on any atom is 0.382 e. The number of ketones is 1. The molecule has 158 valence electrons. The summed E-state index contributed by atoms with van der Waals surface area (Å²) in [5.41, 5.74) is -0.0711.